The van der Waals surface area contributed by atoms with E-state index in [0.29, 0.717) is 0 Å². The van der Waals surface area contributed by atoms with Crippen molar-refractivity contribution < 1.29 is 9.59 Å². The predicted octanol–water partition coefficient (Wildman–Crippen LogP) is 4.94. The summed E-state index contributed by atoms with van der Waals surface area (Å²) in [6, 6.07) is 13.9. The van der Waals surface area contributed by atoms with Crippen LogP contribution in [0.4, 0.5) is 5.69 Å². The summed E-state index contributed by atoms with van der Waals surface area (Å²) in [6.07, 6.45) is 1.50. The SMILES string of the molecule is CC1(C)[C@]2(C(=O)Nc3cccc4ccccc34)CC[C@]1(C)C(=O)[C@H]2Br. The lowest BCUT2D eigenvalue weighted by atomic mass is 9.64. The molecule has 4 rings (SSSR count). The van der Waals surface area contributed by atoms with Gasteiger partial charge in [-0.2, -0.15) is 0 Å². The average Bonchev–Trinajstić information content (AvgIpc) is 2.87. The molecule has 2 aliphatic rings. The fourth-order valence-corrected chi connectivity index (χ4v) is 6.54. The van der Waals surface area contributed by atoms with Crippen LogP contribution >= 0.6 is 15.9 Å². The maximum atomic E-state index is 13.5. The van der Waals surface area contributed by atoms with Crippen LogP contribution < -0.4 is 5.32 Å². The lowest BCUT2D eigenvalue weighted by Crippen LogP contribution is -2.48. The first-order chi connectivity index (χ1) is 11.8. The minimum atomic E-state index is -0.713. The van der Waals surface area contributed by atoms with E-state index in [9.17, 15) is 9.59 Å². The Balaban J connectivity index is 1.78. The molecule has 0 unspecified atom stereocenters. The van der Waals surface area contributed by atoms with Gasteiger partial charge >= 0.3 is 0 Å². The highest BCUT2D eigenvalue weighted by molar-refractivity contribution is 9.10. The average molecular weight is 400 g/mol. The first-order valence-electron chi connectivity index (χ1n) is 8.73. The van der Waals surface area contributed by atoms with Gasteiger partial charge in [0.15, 0.2) is 5.78 Å². The zero-order valence-corrected chi connectivity index (χ0v) is 16.3. The van der Waals surface area contributed by atoms with Crippen LogP contribution in [0.1, 0.15) is 33.6 Å². The second-order valence-corrected chi connectivity index (χ2v) is 9.05. The van der Waals surface area contributed by atoms with E-state index in [-0.39, 0.29) is 17.1 Å². The van der Waals surface area contributed by atoms with E-state index in [1.807, 2.05) is 49.4 Å². The van der Waals surface area contributed by atoms with Crippen molar-refractivity contribution in [3.8, 4) is 0 Å². The molecule has 4 heteroatoms. The summed E-state index contributed by atoms with van der Waals surface area (Å²) in [4.78, 5) is 25.9. The van der Waals surface area contributed by atoms with Gasteiger partial charge in [0.2, 0.25) is 5.91 Å². The molecular weight excluding hydrogens is 378 g/mol. The molecule has 2 fully saturated rings. The quantitative estimate of drug-likeness (QED) is 0.726. The van der Waals surface area contributed by atoms with E-state index in [1.54, 1.807) is 0 Å². The molecule has 2 aromatic rings. The molecule has 0 heterocycles. The Morgan fingerprint density at radius 2 is 1.76 bits per heavy atom. The highest BCUT2D eigenvalue weighted by Crippen LogP contribution is 2.72. The number of ketones is 1. The first-order valence-corrected chi connectivity index (χ1v) is 9.65. The van der Waals surface area contributed by atoms with E-state index >= 15 is 0 Å². The normalized spacial score (nSPS) is 33.0. The van der Waals surface area contributed by atoms with Gasteiger partial charge in [-0.15, -0.1) is 0 Å². The third-order valence-electron chi connectivity index (χ3n) is 7.16. The number of alkyl halides is 1. The lowest BCUT2D eigenvalue weighted by Gasteiger charge is -2.39. The Morgan fingerprint density at radius 1 is 1.08 bits per heavy atom. The lowest BCUT2D eigenvalue weighted by molar-refractivity contribution is -0.130. The summed E-state index contributed by atoms with van der Waals surface area (Å²) in [5.74, 6) is 0.113. The van der Waals surface area contributed by atoms with Crippen molar-refractivity contribution >= 4 is 44.1 Å². The van der Waals surface area contributed by atoms with Crippen molar-refractivity contribution in [1.82, 2.24) is 0 Å². The Kier molecular flexibility index (Phi) is 3.46. The fraction of sp³-hybridized carbons (Fsp3) is 0.429. The summed E-state index contributed by atoms with van der Waals surface area (Å²) >= 11 is 3.58. The molecule has 130 valence electrons. The molecule has 0 spiro atoms. The minimum absolute atomic E-state index is 0.0506. The van der Waals surface area contributed by atoms with Gasteiger partial charge in [-0.25, -0.2) is 0 Å². The van der Waals surface area contributed by atoms with Crippen molar-refractivity contribution in [2.75, 3.05) is 5.32 Å². The number of carbonyl (C=O) groups is 2. The summed E-state index contributed by atoms with van der Waals surface area (Å²) in [7, 11) is 0. The topological polar surface area (TPSA) is 46.2 Å². The van der Waals surface area contributed by atoms with E-state index in [2.05, 4.69) is 35.1 Å². The second kappa shape index (κ2) is 5.16. The van der Waals surface area contributed by atoms with Crippen molar-refractivity contribution in [3.05, 3.63) is 42.5 Å². The van der Waals surface area contributed by atoms with E-state index < -0.39 is 15.7 Å². The third kappa shape index (κ3) is 1.86. The van der Waals surface area contributed by atoms with Gasteiger partial charge in [-0.05, 0) is 29.7 Å². The standard InChI is InChI=1S/C21H22BrNO2/c1-19(2)20(3)11-12-21(19,16(22)17(20)24)18(25)23-15-10-6-8-13-7-4-5-9-14(13)15/h4-10,16H,11-12H2,1-3H3,(H,23,25)/t16-,20-,21-/m1/s1. The van der Waals surface area contributed by atoms with Gasteiger partial charge in [0.05, 0.1) is 10.2 Å². The number of hydrogen-bond donors (Lipinski definition) is 1. The molecule has 0 saturated heterocycles. The van der Waals surface area contributed by atoms with Crippen LogP contribution in [0, 0.1) is 16.2 Å². The zero-order valence-electron chi connectivity index (χ0n) is 14.7. The van der Waals surface area contributed by atoms with Crippen LogP contribution in [0.2, 0.25) is 0 Å². The zero-order chi connectivity index (χ0) is 18.0. The highest BCUT2D eigenvalue weighted by Gasteiger charge is 2.76. The molecule has 1 amide bonds. The second-order valence-electron chi connectivity index (χ2n) is 8.14. The van der Waals surface area contributed by atoms with E-state index in [4.69, 9.17) is 0 Å². The molecule has 0 aliphatic heterocycles. The monoisotopic (exact) mass is 399 g/mol. The number of hydrogen-bond acceptors (Lipinski definition) is 2. The number of rotatable bonds is 2. The van der Waals surface area contributed by atoms with Crippen LogP contribution in [0.25, 0.3) is 10.8 Å². The molecule has 2 saturated carbocycles. The molecule has 2 aromatic carbocycles. The molecule has 3 nitrogen and oxygen atoms in total. The van der Waals surface area contributed by atoms with Crippen LogP contribution in [0.5, 0.6) is 0 Å². The molecule has 25 heavy (non-hydrogen) atoms. The van der Waals surface area contributed by atoms with Crippen LogP contribution in [0.3, 0.4) is 0 Å². The number of nitrogens with one attached hydrogen (secondary N) is 1. The minimum Gasteiger partial charge on any atom is -0.325 e. The Morgan fingerprint density at radius 3 is 2.44 bits per heavy atom. The predicted molar refractivity (Wildman–Crippen MR) is 104 cm³/mol. The van der Waals surface area contributed by atoms with Gasteiger partial charge < -0.3 is 5.32 Å². The van der Waals surface area contributed by atoms with Gasteiger partial charge in [-0.3, -0.25) is 9.59 Å². The fourth-order valence-electron chi connectivity index (χ4n) is 5.02. The molecule has 1 N–H and O–H groups in total. The van der Waals surface area contributed by atoms with Crippen LogP contribution in [-0.4, -0.2) is 16.5 Å². The number of anilines is 1. The third-order valence-corrected chi connectivity index (χ3v) is 8.36. The molecule has 0 aromatic heterocycles. The molecule has 2 bridgehead atoms. The summed E-state index contributed by atoms with van der Waals surface area (Å²) < 4.78 is 0. The summed E-state index contributed by atoms with van der Waals surface area (Å²) in [5.41, 5.74) is -0.742. The number of fused-ring (bicyclic) bond motifs is 3. The van der Waals surface area contributed by atoms with E-state index in [0.717, 1.165) is 29.3 Å². The molecular formula is C21H22BrNO2. The Labute approximate surface area is 156 Å². The first kappa shape index (κ1) is 16.8. The van der Waals surface area contributed by atoms with Crippen molar-refractivity contribution in [3.63, 3.8) is 0 Å². The number of halogens is 1. The van der Waals surface area contributed by atoms with Gasteiger partial charge in [-0.1, -0.05) is 73.1 Å². The van der Waals surface area contributed by atoms with Crippen molar-refractivity contribution in [2.45, 2.75) is 38.4 Å². The Hall–Kier alpha value is -1.68. The summed E-state index contributed by atoms with van der Waals surface area (Å²) in [5, 5.41) is 5.25. The van der Waals surface area contributed by atoms with Crippen molar-refractivity contribution in [1.29, 1.82) is 0 Å². The maximum absolute atomic E-state index is 13.5. The number of amides is 1. The number of carbonyl (C=O) groups excluding carboxylic acids is 2. The largest absolute Gasteiger partial charge is 0.325 e. The van der Waals surface area contributed by atoms with Gasteiger partial charge in [0.25, 0.3) is 0 Å². The summed E-state index contributed by atoms with van der Waals surface area (Å²) in [6.45, 7) is 6.16. The molecule has 0 radical (unpaired) electrons. The maximum Gasteiger partial charge on any atom is 0.232 e. The highest BCUT2D eigenvalue weighted by atomic mass is 79.9. The Bertz CT molecular complexity index is 900. The van der Waals surface area contributed by atoms with Crippen LogP contribution in [-0.2, 0) is 9.59 Å². The van der Waals surface area contributed by atoms with Crippen LogP contribution in [0.15, 0.2) is 42.5 Å². The van der Waals surface area contributed by atoms with Gasteiger partial charge in [0.1, 0.15) is 0 Å². The number of Topliss-reactive ketones (excluding diaryl/α,β-unsaturated/α-hetero) is 1. The molecule has 2 aliphatic carbocycles. The van der Waals surface area contributed by atoms with E-state index in [1.165, 1.54) is 0 Å². The molecule has 3 atom stereocenters. The number of benzene rings is 2. The van der Waals surface area contributed by atoms with Gasteiger partial charge in [0, 0.05) is 16.5 Å². The smallest absolute Gasteiger partial charge is 0.232 e. The van der Waals surface area contributed by atoms with Crippen molar-refractivity contribution in [2.24, 2.45) is 16.2 Å².